The highest BCUT2D eigenvalue weighted by Gasteiger charge is 2.22. The van der Waals surface area contributed by atoms with Crippen molar-refractivity contribution < 1.29 is 14.3 Å². The summed E-state index contributed by atoms with van der Waals surface area (Å²) in [5, 5.41) is 3.04. The van der Waals surface area contributed by atoms with Crippen molar-refractivity contribution in [2.75, 3.05) is 18.5 Å². The van der Waals surface area contributed by atoms with E-state index < -0.39 is 0 Å². The fourth-order valence-corrected chi connectivity index (χ4v) is 4.12. The van der Waals surface area contributed by atoms with Gasteiger partial charge in [0, 0.05) is 24.1 Å². The van der Waals surface area contributed by atoms with Gasteiger partial charge in [0.05, 0.1) is 0 Å². The molecule has 0 aromatic heterocycles. The molecule has 32 heavy (non-hydrogen) atoms. The van der Waals surface area contributed by atoms with Gasteiger partial charge in [-0.3, -0.25) is 4.79 Å². The Kier molecular flexibility index (Phi) is 6.22. The number of rotatable bonds is 5. The molecule has 0 aliphatic carbocycles. The lowest BCUT2D eigenvalue weighted by molar-refractivity contribution is -0.116. The van der Waals surface area contributed by atoms with Gasteiger partial charge in [-0.2, -0.15) is 0 Å². The Balaban J connectivity index is 1.58. The topological polar surface area (TPSA) is 47.6 Å². The summed E-state index contributed by atoms with van der Waals surface area (Å²) in [6.07, 6.45) is 0.355. The number of hydrogen-bond acceptors (Lipinski definition) is 3. The van der Waals surface area contributed by atoms with Crippen molar-refractivity contribution in [1.29, 1.82) is 0 Å². The summed E-state index contributed by atoms with van der Waals surface area (Å²) in [5.74, 6) is 1.32. The van der Waals surface area contributed by atoms with Crippen molar-refractivity contribution in [2.24, 2.45) is 0 Å². The maximum atomic E-state index is 13.1. The number of nitrogens with one attached hydrogen (secondary N) is 1. The number of ether oxygens (including phenoxy) is 2. The molecule has 0 saturated heterocycles. The number of amides is 1. The molecule has 0 saturated carbocycles. The minimum atomic E-state index is -0.0326. The third kappa shape index (κ3) is 4.96. The van der Waals surface area contributed by atoms with Gasteiger partial charge < -0.3 is 14.8 Å². The van der Waals surface area contributed by atoms with Gasteiger partial charge in [-0.1, -0.05) is 69.3 Å². The Labute approximate surface area is 190 Å². The zero-order valence-electron chi connectivity index (χ0n) is 19.3. The minimum absolute atomic E-state index is 0.0255. The molecule has 0 spiro atoms. The molecular formula is C28H31NO3. The lowest BCUT2D eigenvalue weighted by Gasteiger charge is -2.23. The molecule has 3 aromatic carbocycles. The molecule has 1 aliphatic heterocycles. The summed E-state index contributed by atoms with van der Waals surface area (Å²) >= 11 is 0. The summed E-state index contributed by atoms with van der Waals surface area (Å²) in [4.78, 5) is 13.1. The van der Waals surface area contributed by atoms with Gasteiger partial charge in [-0.25, -0.2) is 0 Å². The maximum Gasteiger partial charge on any atom is 0.225 e. The van der Waals surface area contributed by atoms with Crippen LogP contribution in [0.5, 0.6) is 11.5 Å². The van der Waals surface area contributed by atoms with Crippen molar-refractivity contribution in [3.63, 3.8) is 0 Å². The average Bonchev–Trinajstić information content (AvgIpc) is 2.77. The van der Waals surface area contributed by atoms with Gasteiger partial charge in [0.15, 0.2) is 11.5 Å². The molecule has 166 valence electrons. The van der Waals surface area contributed by atoms with E-state index in [1.54, 1.807) is 0 Å². The summed E-state index contributed by atoms with van der Waals surface area (Å²) in [5.41, 5.74) is 5.59. The van der Waals surface area contributed by atoms with Crippen LogP contribution in [0.4, 0.5) is 5.69 Å². The molecule has 0 radical (unpaired) electrons. The first-order chi connectivity index (χ1) is 15.3. The first kappa shape index (κ1) is 21.9. The molecule has 1 atom stereocenters. The predicted octanol–water partition coefficient (Wildman–Crippen LogP) is 6.22. The monoisotopic (exact) mass is 429 g/mol. The first-order valence-electron chi connectivity index (χ1n) is 11.2. The molecule has 3 aromatic rings. The molecule has 1 N–H and O–H groups in total. The Morgan fingerprint density at radius 3 is 2.31 bits per heavy atom. The zero-order chi connectivity index (χ0) is 22.7. The molecule has 1 unspecified atom stereocenters. The van der Waals surface area contributed by atoms with Crippen LogP contribution in [0.2, 0.25) is 0 Å². The summed E-state index contributed by atoms with van der Waals surface area (Å²) in [6.45, 7) is 9.80. The van der Waals surface area contributed by atoms with E-state index in [1.165, 1.54) is 16.7 Å². The van der Waals surface area contributed by atoms with E-state index in [2.05, 4.69) is 69.4 Å². The Morgan fingerprint density at radius 2 is 1.62 bits per heavy atom. The largest absolute Gasteiger partial charge is 0.486 e. The summed E-state index contributed by atoms with van der Waals surface area (Å²) < 4.78 is 11.2. The molecule has 4 heteroatoms. The predicted molar refractivity (Wildman–Crippen MR) is 129 cm³/mol. The number of anilines is 1. The standard InChI is InChI=1S/C28H31NO3/c1-19-7-5-6-8-23(19)24(20-9-11-21(12-10-20)28(2,3)4)18-27(30)29-22-13-14-25-26(17-22)32-16-15-31-25/h5-14,17,24H,15-16,18H2,1-4H3,(H,29,30). The molecule has 1 amide bonds. The SMILES string of the molecule is Cc1ccccc1C(CC(=O)Nc1ccc2c(c1)OCCO2)c1ccc(C(C)(C)C)cc1. The van der Waals surface area contributed by atoms with Gasteiger partial charge >= 0.3 is 0 Å². The highest BCUT2D eigenvalue weighted by Crippen LogP contribution is 2.35. The van der Waals surface area contributed by atoms with Crippen LogP contribution in [-0.4, -0.2) is 19.1 Å². The van der Waals surface area contributed by atoms with Gasteiger partial charge in [0.1, 0.15) is 13.2 Å². The quantitative estimate of drug-likeness (QED) is 0.523. The van der Waals surface area contributed by atoms with Crippen molar-refractivity contribution in [2.45, 2.75) is 45.4 Å². The molecule has 4 rings (SSSR count). The molecule has 4 nitrogen and oxygen atoms in total. The third-order valence-electron chi connectivity index (χ3n) is 5.96. The second kappa shape index (κ2) is 9.07. The lowest BCUT2D eigenvalue weighted by Crippen LogP contribution is -2.18. The van der Waals surface area contributed by atoms with Gasteiger partial charge in [0.2, 0.25) is 5.91 Å². The number of benzene rings is 3. The van der Waals surface area contributed by atoms with Crippen LogP contribution in [0.15, 0.2) is 66.7 Å². The molecule has 1 heterocycles. The normalized spacial score (nSPS) is 14.0. The van der Waals surface area contributed by atoms with Crippen LogP contribution in [-0.2, 0) is 10.2 Å². The van der Waals surface area contributed by atoms with E-state index in [0.717, 1.165) is 5.56 Å². The summed E-state index contributed by atoms with van der Waals surface area (Å²) in [7, 11) is 0. The number of aryl methyl sites for hydroxylation is 1. The number of carbonyl (C=O) groups excluding carboxylic acids is 1. The number of fused-ring (bicyclic) bond motifs is 1. The second-order valence-corrected chi connectivity index (χ2v) is 9.39. The van der Waals surface area contributed by atoms with Crippen LogP contribution < -0.4 is 14.8 Å². The van der Waals surface area contributed by atoms with E-state index in [4.69, 9.17) is 9.47 Å². The van der Waals surface area contributed by atoms with Crippen LogP contribution >= 0.6 is 0 Å². The number of hydrogen-bond donors (Lipinski definition) is 1. The molecule has 1 aliphatic rings. The molecular weight excluding hydrogens is 398 g/mol. The van der Waals surface area contributed by atoms with Crippen molar-refractivity contribution >= 4 is 11.6 Å². The average molecular weight is 430 g/mol. The Hall–Kier alpha value is -3.27. The second-order valence-electron chi connectivity index (χ2n) is 9.39. The van der Waals surface area contributed by atoms with E-state index in [1.807, 2.05) is 30.3 Å². The van der Waals surface area contributed by atoms with E-state index in [0.29, 0.717) is 36.8 Å². The van der Waals surface area contributed by atoms with Crippen molar-refractivity contribution in [3.8, 4) is 11.5 Å². The van der Waals surface area contributed by atoms with Gasteiger partial charge in [-0.15, -0.1) is 0 Å². The Bertz CT molecular complexity index is 1100. The lowest BCUT2D eigenvalue weighted by atomic mass is 9.82. The minimum Gasteiger partial charge on any atom is -0.486 e. The van der Waals surface area contributed by atoms with Crippen molar-refractivity contribution in [3.05, 3.63) is 89.0 Å². The fourth-order valence-electron chi connectivity index (χ4n) is 4.12. The zero-order valence-corrected chi connectivity index (χ0v) is 19.3. The molecule has 0 fully saturated rings. The Morgan fingerprint density at radius 1 is 0.938 bits per heavy atom. The van der Waals surface area contributed by atoms with Crippen LogP contribution in [0.3, 0.4) is 0 Å². The first-order valence-corrected chi connectivity index (χ1v) is 11.2. The highest BCUT2D eigenvalue weighted by atomic mass is 16.6. The number of carbonyl (C=O) groups is 1. The summed E-state index contributed by atoms with van der Waals surface area (Å²) in [6, 6.07) is 22.5. The van der Waals surface area contributed by atoms with E-state index in [9.17, 15) is 4.79 Å². The van der Waals surface area contributed by atoms with Crippen LogP contribution in [0, 0.1) is 6.92 Å². The van der Waals surface area contributed by atoms with Crippen molar-refractivity contribution in [1.82, 2.24) is 0 Å². The highest BCUT2D eigenvalue weighted by molar-refractivity contribution is 5.92. The van der Waals surface area contributed by atoms with Gasteiger partial charge in [-0.05, 0) is 46.7 Å². The van der Waals surface area contributed by atoms with E-state index in [-0.39, 0.29) is 17.2 Å². The van der Waals surface area contributed by atoms with Crippen LogP contribution in [0.1, 0.15) is 55.4 Å². The smallest absolute Gasteiger partial charge is 0.225 e. The van der Waals surface area contributed by atoms with Crippen LogP contribution in [0.25, 0.3) is 0 Å². The van der Waals surface area contributed by atoms with Gasteiger partial charge in [0.25, 0.3) is 0 Å². The van der Waals surface area contributed by atoms with E-state index >= 15 is 0 Å². The maximum absolute atomic E-state index is 13.1. The third-order valence-corrected chi connectivity index (χ3v) is 5.96. The molecule has 0 bridgehead atoms. The fraction of sp³-hybridized carbons (Fsp3) is 0.321.